The third-order valence-electron chi connectivity index (χ3n) is 4.30. The zero-order valence-electron chi connectivity index (χ0n) is 15.9. The Morgan fingerprint density at radius 2 is 1.10 bits per heavy atom. The molecule has 0 aliphatic rings. The van der Waals surface area contributed by atoms with E-state index in [2.05, 4.69) is 10.6 Å². The predicted molar refractivity (Wildman–Crippen MR) is 116 cm³/mol. The molecule has 0 aliphatic carbocycles. The maximum atomic E-state index is 12.5. The van der Waals surface area contributed by atoms with Crippen molar-refractivity contribution in [3.8, 4) is 11.5 Å². The highest BCUT2D eigenvalue weighted by atomic mass is 16.6. The number of anilines is 2. The standard InChI is InChI=1S/C24H18N2O4/c27-23(29-18-10-3-1-4-11-18)25-21-16-15-17-9-7-8-14-20(17)22(21)26-24(28)30-19-12-5-2-6-13-19/h1-16H,(H,25,27)(H,26,28). The molecule has 0 aliphatic heterocycles. The van der Waals surface area contributed by atoms with Crippen molar-refractivity contribution in [3.63, 3.8) is 0 Å². The highest BCUT2D eigenvalue weighted by molar-refractivity contribution is 6.08. The minimum absolute atomic E-state index is 0.389. The monoisotopic (exact) mass is 398 g/mol. The summed E-state index contributed by atoms with van der Waals surface area (Å²) in [6, 6.07) is 28.5. The number of carbonyl (C=O) groups is 2. The van der Waals surface area contributed by atoms with E-state index in [-0.39, 0.29) is 0 Å². The number of carbonyl (C=O) groups excluding carboxylic acids is 2. The smallest absolute Gasteiger partial charge is 0.410 e. The van der Waals surface area contributed by atoms with Crippen molar-refractivity contribution in [3.05, 3.63) is 97.1 Å². The number of amides is 2. The molecule has 6 nitrogen and oxygen atoms in total. The second-order valence-electron chi connectivity index (χ2n) is 6.36. The van der Waals surface area contributed by atoms with Gasteiger partial charge in [0.25, 0.3) is 0 Å². The fourth-order valence-corrected chi connectivity index (χ4v) is 2.96. The Morgan fingerprint density at radius 3 is 1.73 bits per heavy atom. The van der Waals surface area contributed by atoms with Gasteiger partial charge in [0.05, 0.1) is 11.4 Å². The number of benzene rings is 4. The molecule has 0 bridgehead atoms. The summed E-state index contributed by atoms with van der Waals surface area (Å²) in [6.07, 6.45) is -1.34. The van der Waals surface area contributed by atoms with Gasteiger partial charge < -0.3 is 9.47 Å². The first-order valence-electron chi connectivity index (χ1n) is 9.28. The number of nitrogens with one attached hydrogen (secondary N) is 2. The lowest BCUT2D eigenvalue weighted by atomic mass is 10.1. The molecule has 0 aromatic heterocycles. The zero-order chi connectivity index (χ0) is 20.8. The molecule has 30 heavy (non-hydrogen) atoms. The van der Waals surface area contributed by atoms with Crippen LogP contribution >= 0.6 is 0 Å². The predicted octanol–water partition coefficient (Wildman–Crippen LogP) is 6.06. The molecule has 0 saturated heterocycles. The van der Waals surface area contributed by atoms with Crippen molar-refractivity contribution in [1.29, 1.82) is 0 Å². The van der Waals surface area contributed by atoms with Crippen LogP contribution in [0.15, 0.2) is 97.1 Å². The van der Waals surface area contributed by atoms with E-state index < -0.39 is 12.2 Å². The van der Waals surface area contributed by atoms with Crippen LogP contribution in [0.3, 0.4) is 0 Å². The maximum absolute atomic E-state index is 12.5. The fraction of sp³-hybridized carbons (Fsp3) is 0. The summed E-state index contributed by atoms with van der Waals surface area (Å²) >= 11 is 0. The summed E-state index contributed by atoms with van der Waals surface area (Å²) in [5.41, 5.74) is 0.804. The maximum Gasteiger partial charge on any atom is 0.417 e. The van der Waals surface area contributed by atoms with Gasteiger partial charge in [-0.1, -0.05) is 66.7 Å². The summed E-state index contributed by atoms with van der Waals surface area (Å²) in [5, 5.41) is 7.08. The van der Waals surface area contributed by atoms with E-state index in [1.54, 1.807) is 54.6 Å². The third kappa shape index (κ3) is 4.56. The molecule has 4 aromatic carbocycles. The van der Waals surface area contributed by atoms with Crippen LogP contribution < -0.4 is 20.1 Å². The molecule has 0 unspecified atom stereocenters. The lowest BCUT2D eigenvalue weighted by molar-refractivity contribution is 0.213. The Labute approximate surface area is 173 Å². The Bertz CT molecular complexity index is 1180. The minimum Gasteiger partial charge on any atom is -0.410 e. The molecule has 6 heteroatoms. The molecule has 0 atom stereocenters. The molecule has 4 aromatic rings. The third-order valence-corrected chi connectivity index (χ3v) is 4.30. The first kappa shape index (κ1) is 19.0. The quantitative estimate of drug-likeness (QED) is 0.438. The van der Waals surface area contributed by atoms with Crippen LogP contribution in [-0.2, 0) is 0 Å². The molecule has 0 radical (unpaired) electrons. The van der Waals surface area contributed by atoms with Crippen LogP contribution in [0, 0.1) is 0 Å². The largest absolute Gasteiger partial charge is 0.417 e. The van der Waals surface area contributed by atoms with Crippen LogP contribution in [-0.4, -0.2) is 12.2 Å². The number of ether oxygens (including phenoxy) is 2. The van der Waals surface area contributed by atoms with E-state index in [1.165, 1.54) is 0 Å². The number of para-hydroxylation sites is 2. The Balaban J connectivity index is 1.59. The van der Waals surface area contributed by atoms with Gasteiger partial charge in [0.15, 0.2) is 0 Å². The van der Waals surface area contributed by atoms with E-state index >= 15 is 0 Å². The summed E-state index contributed by atoms with van der Waals surface area (Å²) < 4.78 is 10.6. The van der Waals surface area contributed by atoms with E-state index in [4.69, 9.17) is 9.47 Å². The highest BCUT2D eigenvalue weighted by Gasteiger charge is 2.15. The van der Waals surface area contributed by atoms with Crippen LogP contribution in [0.25, 0.3) is 10.8 Å². The molecular formula is C24H18N2O4. The Hall–Kier alpha value is -4.32. The van der Waals surface area contributed by atoms with Crippen molar-refractivity contribution >= 4 is 34.3 Å². The average Bonchev–Trinajstić information content (AvgIpc) is 2.77. The SMILES string of the molecule is O=C(Nc1ccc2ccccc2c1NC(=O)Oc1ccccc1)Oc1ccccc1. The second-order valence-corrected chi connectivity index (χ2v) is 6.36. The molecule has 2 N–H and O–H groups in total. The molecule has 0 saturated carbocycles. The lowest BCUT2D eigenvalue weighted by Gasteiger charge is -2.15. The first-order valence-corrected chi connectivity index (χ1v) is 9.28. The average molecular weight is 398 g/mol. The van der Waals surface area contributed by atoms with Crippen molar-refractivity contribution in [1.82, 2.24) is 0 Å². The van der Waals surface area contributed by atoms with Crippen LogP contribution in [0.5, 0.6) is 11.5 Å². The topological polar surface area (TPSA) is 76.7 Å². The van der Waals surface area contributed by atoms with Crippen LogP contribution in [0.4, 0.5) is 21.0 Å². The van der Waals surface area contributed by atoms with Gasteiger partial charge in [-0.05, 0) is 35.7 Å². The Kier molecular flexibility index (Phi) is 5.57. The molecule has 0 heterocycles. The van der Waals surface area contributed by atoms with Gasteiger partial charge in [-0.2, -0.15) is 0 Å². The lowest BCUT2D eigenvalue weighted by Crippen LogP contribution is -2.21. The normalized spacial score (nSPS) is 10.3. The van der Waals surface area contributed by atoms with Gasteiger partial charge in [-0.3, -0.25) is 10.6 Å². The van der Waals surface area contributed by atoms with Crippen molar-refractivity contribution in [2.75, 3.05) is 10.6 Å². The second kappa shape index (κ2) is 8.79. The van der Waals surface area contributed by atoms with Gasteiger partial charge >= 0.3 is 12.2 Å². The fourth-order valence-electron chi connectivity index (χ4n) is 2.96. The molecular weight excluding hydrogens is 380 g/mol. The molecule has 2 amide bonds. The van der Waals surface area contributed by atoms with Gasteiger partial charge in [0, 0.05) is 5.39 Å². The number of hydrogen-bond acceptors (Lipinski definition) is 4. The van der Waals surface area contributed by atoms with Gasteiger partial charge in [-0.15, -0.1) is 0 Å². The van der Waals surface area contributed by atoms with Crippen molar-refractivity contribution in [2.24, 2.45) is 0 Å². The number of hydrogen-bond donors (Lipinski definition) is 2. The minimum atomic E-state index is -0.670. The van der Waals surface area contributed by atoms with E-state index in [0.29, 0.717) is 22.9 Å². The van der Waals surface area contributed by atoms with E-state index in [0.717, 1.165) is 10.8 Å². The van der Waals surface area contributed by atoms with Gasteiger partial charge in [0.2, 0.25) is 0 Å². The first-order chi connectivity index (χ1) is 14.7. The summed E-state index contributed by atoms with van der Waals surface area (Å²) in [4.78, 5) is 24.8. The summed E-state index contributed by atoms with van der Waals surface area (Å²) in [7, 11) is 0. The van der Waals surface area contributed by atoms with Crippen molar-refractivity contribution in [2.45, 2.75) is 0 Å². The molecule has 148 valence electrons. The zero-order valence-corrected chi connectivity index (χ0v) is 15.9. The molecule has 0 fully saturated rings. The Morgan fingerprint density at radius 1 is 0.567 bits per heavy atom. The van der Waals surface area contributed by atoms with Gasteiger partial charge in [-0.25, -0.2) is 9.59 Å². The molecule has 4 rings (SSSR count). The van der Waals surface area contributed by atoms with Gasteiger partial charge in [0.1, 0.15) is 11.5 Å². The van der Waals surface area contributed by atoms with Crippen LogP contribution in [0.1, 0.15) is 0 Å². The van der Waals surface area contributed by atoms with Crippen LogP contribution in [0.2, 0.25) is 0 Å². The number of fused-ring (bicyclic) bond motifs is 1. The molecule has 0 spiro atoms. The van der Waals surface area contributed by atoms with E-state index in [1.807, 2.05) is 42.5 Å². The summed E-state index contributed by atoms with van der Waals surface area (Å²) in [5.74, 6) is 0.821. The highest BCUT2D eigenvalue weighted by Crippen LogP contribution is 2.32. The van der Waals surface area contributed by atoms with E-state index in [9.17, 15) is 9.59 Å². The summed E-state index contributed by atoms with van der Waals surface area (Å²) in [6.45, 7) is 0. The van der Waals surface area contributed by atoms with Crippen molar-refractivity contribution < 1.29 is 19.1 Å². The number of rotatable bonds is 4.